The van der Waals surface area contributed by atoms with Crippen molar-refractivity contribution >= 4 is 29.4 Å². The molecule has 11 heteroatoms. The number of nitrogens with one attached hydrogen (secondary N) is 1. The number of morpholine rings is 1. The maximum atomic E-state index is 15.6. The molecule has 4 heterocycles. The van der Waals surface area contributed by atoms with Crippen LogP contribution in [0, 0.1) is 29.1 Å². The van der Waals surface area contributed by atoms with Crippen LogP contribution in [0.25, 0.3) is 0 Å². The number of carbonyl (C=O) groups excluding carboxylic acids is 2. The quantitative estimate of drug-likeness (QED) is 0.317. The number of amides is 2. The number of hydrogen-bond donors (Lipinski definition) is 3. The minimum atomic E-state index is -1.01. The summed E-state index contributed by atoms with van der Waals surface area (Å²) in [5.74, 6) is -1.16. The van der Waals surface area contributed by atoms with Crippen LogP contribution in [0.1, 0.15) is 78.6 Å². The Balaban J connectivity index is 1.48. The Kier molecular flexibility index (Phi) is 11.5. The van der Waals surface area contributed by atoms with Crippen molar-refractivity contribution in [1.29, 1.82) is 0 Å². The number of aromatic nitrogens is 1. The highest BCUT2D eigenvalue weighted by Crippen LogP contribution is 2.57. The number of pyridine rings is 1. The summed E-state index contributed by atoms with van der Waals surface area (Å²) < 4.78 is 21.1. The second-order valence-corrected chi connectivity index (χ2v) is 13.7. The average molecular weight is 640 g/mol. The van der Waals surface area contributed by atoms with Crippen LogP contribution < -0.4 is 21.7 Å². The third-order valence-corrected chi connectivity index (χ3v) is 11.4. The van der Waals surface area contributed by atoms with Crippen LogP contribution in [0.4, 0.5) is 15.8 Å². The molecule has 5 rings (SSSR count). The number of rotatable bonds is 10. The molecule has 2 saturated heterocycles. The van der Waals surface area contributed by atoms with Gasteiger partial charge in [-0.25, -0.2) is 4.39 Å². The molecule has 1 aromatic heterocycles. The predicted molar refractivity (Wildman–Crippen MR) is 180 cm³/mol. The van der Waals surface area contributed by atoms with Gasteiger partial charge in [0.1, 0.15) is 12.4 Å². The number of aliphatic imine (C=N–C) groups is 1. The number of halogens is 1. The van der Waals surface area contributed by atoms with Gasteiger partial charge in [0.15, 0.2) is 0 Å². The molecule has 46 heavy (non-hydrogen) atoms. The summed E-state index contributed by atoms with van der Waals surface area (Å²) in [6.07, 6.45) is 14.7. The molecule has 254 valence electrons. The van der Waals surface area contributed by atoms with E-state index in [1.54, 1.807) is 12.4 Å². The third-order valence-electron chi connectivity index (χ3n) is 11.4. The summed E-state index contributed by atoms with van der Waals surface area (Å²) in [4.78, 5) is 40.0. The number of ether oxygens (including phenoxy) is 1. The summed E-state index contributed by atoms with van der Waals surface area (Å²) in [7, 11) is 0. The molecule has 1 aromatic rings. The molecule has 1 saturated carbocycles. The van der Waals surface area contributed by atoms with Gasteiger partial charge >= 0.3 is 0 Å². The zero-order valence-corrected chi connectivity index (χ0v) is 27.9. The normalized spacial score (nSPS) is 31.1. The first-order valence-corrected chi connectivity index (χ1v) is 17.5. The maximum absolute atomic E-state index is 15.6. The number of allylic oxidation sites excluding steroid dienone is 2. The van der Waals surface area contributed by atoms with E-state index in [2.05, 4.69) is 36.0 Å². The summed E-state index contributed by atoms with van der Waals surface area (Å²) in [5.41, 5.74) is 14.1. The zero-order valence-electron chi connectivity index (χ0n) is 27.9. The Morgan fingerprint density at radius 1 is 1.20 bits per heavy atom. The SMILES string of the molecule is CCCC1/C=C(/F)C=NC(C(C(=O)Nc2cnccc2N2CCN3C(=O)COCC3C2)C(N)N)C(CC)C1(CC)C1CCCCC1. The minimum Gasteiger partial charge on any atom is -0.369 e. The van der Waals surface area contributed by atoms with Crippen molar-refractivity contribution in [1.82, 2.24) is 9.88 Å². The van der Waals surface area contributed by atoms with Crippen LogP contribution in [0.2, 0.25) is 0 Å². The number of nitrogens with two attached hydrogens (primary N) is 2. The van der Waals surface area contributed by atoms with Gasteiger partial charge in [-0.15, -0.1) is 0 Å². The molecule has 6 unspecified atom stereocenters. The van der Waals surface area contributed by atoms with Gasteiger partial charge in [-0.2, -0.15) is 0 Å². The fourth-order valence-corrected chi connectivity index (χ4v) is 9.37. The van der Waals surface area contributed by atoms with E-state index in [9.17, 15) is 9.59 Å². The predicted octanol–water partition coefficient (Wildman–Crippen LogP) is 4.65. The number of nitrogens with zero attached hydrogens (tertiary/aromatic N) is 4. The summed E-state index contributed by atoms with van der Waals surface area (Å²) in [5, 5.41) is 3.12. The van der Waals surface area contributed by atoms with Crippen molar-refractivity contribution in [3.8, 4) is 0 Å². The van der Waals surface area contributed by atoms with Gasteiger partial charge in [-0.3, -0.25) is 19.6 Å². The minimum absolute atomic E-state index is 0.00741. The summed E-state index contributed by atoms with van der Waals surface area (Å²) in [6.45, 7) is 8.93. The fraction of sp³-hybridized carbons (Fsp3) is 0.714. The van der Waals surface area contributed by atoms with Crippen molar-refractivity contribution in [2.45, 2.75) is 96.8 Å². The van der Waals surface area contributed by atoms with E-state index in [-0.39, 0.29) is 47.5 Å². The Hall–Kier alpha value is -2.89. The lowest BCUT2D eigenvalue weighted by Gasteiger charge is -2.55. The maximum Gasteiger partial charge on any atom is 0.249 e. The topological polar surface area (TPSA) is 139 Å². The number of anilines is 2. The van der Waals surface area contributed by atoms with Crippen LogP contribution in [0.3, 0.4) is 0 Å². The molecule has 0 aromatic carbocycles. The molecule has 5 N–H and O–H groups in total. The summed E-state index contributed by atoms with van der Waals surface area (Å²) >= 11 is 0. The van der Waals surface area contributed by atoms with Crippen LogP contribution in [-0.4, -0.2) is 79.0 Å². The first kappa shape index (κ1) is 34.4. The number of carbonyl (C=O) groups is 2. The molecule has 1 aliphatic carbocycles. The molecule has 0 spiro atoms. The van der Waals surface area contributed by atoms with Crippen molar-refractivity contribution in [2.75, 3.05) is 43.1 Å². The van der Waals surface area contributed by atoms with E-state index >= 15 is 4.39 Å². The van der Waals surface area contributed by atoms with Gasteiger partial charge in [0, 0.05) is 25.8 Å². The standard InChI is InChI=1S/C35H54FN7O3/c1-4-10-24-17-25(36)18-40-32(27(5-2)35(24,6-3)23-11-8-7-9-12-23)31(33(37)38)34(45)41-28-19-39-14-13-29(28)42-15-16-43-26(20-42)21-46-22-30(43)44/h13-14,17-19,23-24,26-27,31-33H,4-12,15-16,20-22,37-38H2,1-3H3,(H,41,45)/b25-17+,40-18?. The Morgan fingerprint density at radius 2 is 1.98 bits per heavy atom. The monoisotopic (exact) mass is 639 g/mol. The third kappa shape index (κ3) is 6.87. The first-order chi connectivity index (χ1) is 22.2. The zero-order chi connectivity index (χ0) is 32.8. The smallest absolute Gasteiger partial charge is 0.249 e. The van der Waals surface area contributed by atoms with E-state index in [0.29, 0.717) is 37.8 Å². The second-order valence-electron chi connectivity index (χ2n) is 13.7. The first-order valence-electron chi connectivity index (χ1n) is 17.5. The van der Waals surface area contributed by atoms with E-state index in [1.165, 1.54) is 25.5 Å². The molecule has 0 radical (unpaired) electrons. The molecular weight excluding hydrogens is 585 g/mol. The highest BCUT2D eigenvalue weighted by molar-refractivity contribution is 5.96. The van der Waals surface area contributed by atoms with E-state index in [4.69, 9.17) is 21.2 Å². The lowest BCUT2D eigenvalue weighted by atomic mass is 9.51. The van der Waals surface area contributed by atoms with Crippen molar-refractivity contribution in [3.63, 3.8) is 0 Å². The van der Waals surface area contributed by atoms with Crippen molar-refractivity contribution < 1.29 is 18.7 Å². The van der Waals surface area contributed by atoms with E-state index < -0.39 is 18.1 Å². The number of fused-ring (bicyclic) bond motifs is 1. The van der Waals surface area contributed by atoms with E-state index in [0.717, 1.165) is 44.2 Å². The molecule has 0 bridgehead atoms. The lowest BCUT2D eigenvalue weighted by molar-refractivity contribution is -0.148. The van der Waals surface area contributed by atoms with Crippen molar-refractivity contribution in [3.05, 3.63) is 30.4 Å². The van der Waals surface area contributed by atoms with E-state index in [1.807, 2.05) is 17.0 Å². The number of piperazine rings is 1. The molecule has 3 aliphatic heterocycles. The van der Waals surface area contributed by atoms with Gasteiger partial charge < -0.3 is 31.3 Å². The lowest BCUT2D eigenvalue weighted by Crippen LogP contribution is -2.60. The Morgan fingerprint density at radius 3 is 2.67 bits per heavy atom. The van der Waals surface area contributed by atoms with Gasteiger partial charge in [0.05, 0.1) is 54.6 Å². The molecule has 10 nitrogen and oxygen atoms in total. The summed E-state index contributed by atoms with van der Waals surface area (Å²) in [6, 6.07) is 1.21. The highest BCUT2D eigenvalue weighted by atomic mass is 19.1. The van der Waals surface area contributed by atoms with Crippen LogP contribution in [0.5, 0.6) is 0 Å². The highest BCUT2D eigenvalue weighted by Gasteiger charge is 2.53. The average Bonchev–Trinajstić information content (AvgIpc) is 3.05. The Bertz CT molecular complexity index is 1270. The second kappa shape index (κ2) is 15.3. The Labute approximate surface area is 273 Å². The van der Waals surface area contributed by atoms with Crippen molar-refractivity contribution in [2.24, 2.45) is 45.5 Å². The van der Waals surface area contributed by atoms with Gasteiger partial charge in [-0.1, -0.05) is 52.9 Å². The molecule has 3 fully saturated rings. The molecule has 2 amide bonds. The fourth-order valence-electron chi connectivity index (χ4n) is 9.37. The van der Waals surface area contributed by atoms with Gasteiger partial charge in [-0.05, 0) is 61.0 Å². The van der Waals surface area contributed by atoms with Crippen LogP contribution in [-0.2, 0) is 14.3 Å². The number of hydrogen-bond acceptors (Lipinski definition) is 8. The molecular formula is C35H54FN7O3. The van der Waals surface area contributed by atoms with Gasteiger partial charge in [0.25, 0.3) is 0 Å². The molecule has 4 aliphatic rings. The largest absolute Gasteiger partial charge is 0.369 e. The van der Waals surface area contributed by atoms with Gasteiger partial charge in [0.2, 0.25) is 11.8 Å². The van der Waals surface area contributed by atoms with Crippen LogP contribution >= 0.6 is 0 Å². The van der Waals surface area contributed by atoms with Crippen LogP contribution in [0.15, 0.2) is 35.4 Å². The molecule has 6 atom stereocenters.